The highest BCUT2D eigenvalue weighted by Gasteiger charge is 2.21. The van der Waals surface area contributed by atoms with Crippen molar-refractivity contribution >= 4 is 11.6 Å². The number of halogens is 2. The van der Waals surface area contributed by atoms with E-state index in [1.165, 1.54) is 10.6 Å². The Kier molecular flexibility index (Phi) is 3.02. The summed E-state index contributed by atoms with van der Waals surface area (Å²) in [6.45, 7) is 0. The monoisotopic (exact) mass is 290 g/mol. The predicted molar refractivity (Wildman–Crippen MR) is 68.6 cm³/mol. The fourth-order valence-corrected chi connectivity index (χ4v) is 1.90. The highest BCUT2D eigenvalue weighted by molar-refractivity contribution is 5.89. The molecule has 0 aliphatic heterocycles. The van der Waals surface area contributed by atoms with Crippen LogP contribution in [0.3, 0.4) is 0 Å². The quantitative estimate of drug-likeness (QED) is 0.805. The summed E-state index contributed by atoms with van der Waals surface area (Å²) >= 11 is 0. The largest absolute Gasteiger partial charge is 0.476 e. The number of ether oxygens (including phenoxy) is 1. The highest BCUT2D eigenvalue weighted by Crippen LogP contribution is 2.28. The van der Waals surface area contributed by atoms with E-state index in [4.69, 9.17) is 4.74 Å². The van der Waals surface area contributed by atoms with E-state index in [2.05, 4.69) is 4.98 Å². The van der Waals surface area contributed by atoms with Gasteiger partial charge in [-0.25, -0.2) is 13.6 Å². The SMILES string of the molecule is O=C(O)c1c(Oc2cc(F)ccc2F)nc2ccccn12. The molecule has 2 aromatic heterocycles. The van der Waals surface area contributed by atoms with E-state index < -0.39 is 23.4 Å². The number of rotatable bonds is 3. The number of aromatic carboxylic acids is 1. The molecule has 0 fully saturated rings. The zero-order valence-electron chi connectivity index (χ0n) is 10.5. The first kappa shape index (κ1) is 13.0. The van der Waals surface area contributed by atoms with Crippen LogP contribution < -0.4 is 4.74 Å². The van der Waals surface area contributed by atoms with Crippen molar-refractivity contribution in [1.29, 1.82) is 0 Å². The van der Waals surface area contributed by atoms with Gasteiger partial charge in [-0.05, 0) is 24.3 Å². The van der Waals surface area contributed by atoms with Gasteiger partial charge in [-0.3, -0.25) is 4.40 Å². The van der Waals surface area contributed by atoms with Gasteiger partial charge in [0.25, 0.3) is 5.88 Å². The molecule has 0 atom stereocenters. The molecule has 2 heterocycles. The molecular formula is C14H8F2N2O3. The third-order valence-electron chi connectivity index (χ3n) is 2.80. The number of hydrogen-bond acceptors (Lipinski definition) is 3. The second-order valence-corrected chi connectivity index (χ2v) is 4.18. The van der Waals surface area contributed by atoms with Crippen LogP contribution in [-0.2, 0) is 0 Å². The van der Waals surface area contributed by atoms with Crippen molar-refractivity contribution < 1.29 is 23.4 Å². The zero-order chi connectivity index (χ0) is 15.0. The summed E-state index contributed by atoms with van der Waals surface area (Å²) in [7, 11) is 0. The van der Waals surface area contributed by atoms with Gasteiger partial charge in [0.1, 0.15) is 11.5 Å². The average molecular weight is 290 g/mol. The van der Waals surface area contributed by atoms with E-state index in [9.17, 15) is 18.7 Å². The zero-order valence-corrected chi connectivity index (χ0v) is 10.5. The summed E-state index contributed by atoms with van der Waals surface area (Å²) in [5.41, 5.74) is 0.0518. The molecule has 0 saturated heterocycles. The molecule has 0 amide bonds. The van der Waals surface area contributed by atoms with E-state index in [-0.39, 0.29) is 11.6 Å². The van der Waals surface area contributed by atoms with Gasteiger partial charge < -0.3 is 9.84 Å². The van der Waals surface area contributed by atoms with Crippen molar-refractivity contribution in [2.75, 3.05) is 0 Å². The van der Waals surface area contributed by atoms with Gasteiger partial charge in [0.05, 0.1) is 0 Å². The van der Waals surface area contributed by atoms with Crippen LogP contribution in [0.4, 0.5) is 8.78 Å². The van der Waals surface area contributed by atoms with Gasteiger partial charge in [-0.2, -0.15) is 4.98 Å². The molecule has 1 aromatic carbocycles. The maximum absolute atomic E-state index is 13.6. The average Bonchev–Trinajstić information content (AvgIpc) is 2.80. The molecule has 7 heteroatoms. The molecule has 0 spiro atoms. The lowest BCUT2D eigenvalue weighted by atomic mass is 10.3. The maximum Gasteiger partial charge on any atom is 0.358 e. The first-order chi connectivity index (χ1) is 10.1. The van der Waals surface area contributed by atoms with Gasteiger partial charge >= 0.3 is 5.97 Å². The number of carbonyl (C=O) groups is 1. The number of aromatic nitrogens is 2. The Hall–Kier alpha value is -2.96. The van der Waals surface area contributed by atoms with E-state index in [0.717, 1.165) is 18.2 Å². The van der Waals surface area contributed by atoms with Crippen LogP contribution in [0.2, 0.25) is 0 Å². The van der Waals surface area contributed by atoms with Crippen molar-refractivity contribution in [3.8, 4) is 11.6 Å². The fourth-order valence-electron chi connectivity index (χ4n) is 1.90. The lowest BCUT2D eigenvalue weighted by Gasteiger charge is -2.05. The van der Waals surface area contributed by atoms with Crippen LogP contribution in [0.15, 0.2) is 42.6 Å². The van der Waals surface area contributed by atoms with Gasteiger partial charge in [0.2, 0.25) is 0 Å². The second-order valence-electron chi connectivity index (χ2n) is 4.18. The highest BCUT2D eigenvalue weighted by atomic mass is 19.1. The molecule has 0 saturated carbocycles. The number of nitrogens with zero attached hydrogens (tertiary/aromatic N) is 2. The number of imidazole rings is 1. The first-order valence-electron chi connectivity index (χ1n) is 5.89. The lowest BCUT2D eigenvalue weighted by Crippen LogP contribution is -2.03. The molecular weight excluding hydrogens is 282 g/mol. The molecule has 1 N–H and O–H groups in total. The summed E-state index contributed by atoms with van der Waals surface area (Å²) in [4.78, 5) is 15.3. The standard InChI is InChI=1S/C14H8F2N2O3/c15-8-4-5-9(16)10(7-8)21-13-12(14(19)20)18-6-2-1-3-11(18)17-13/h1-7H,(H,19,20). The van der Waals surface area contributed by atoms with E-state index in [0.29, 0.717) is 5.65 Å². The van der Waals surface area contributed by atoms with E-state index >= 15 is 0 Å². The third kappa shape index (κ3) is 2.29. The Labute approximate surface area is 117 Å². The molecule has 21 heavy (non-hydrogen) atoms. The van der Waals surface area contributed by atoms with Gasteiger partial charge in [0, 0.05) is 12.3 Å². The first-order valence-corrected chi connectivity index (χ1v) is 5.89. The molecule has 3 rings (SSSR count). The Morgan fingerprint density at radius 3 is 2.81 bits per heavy atom. The number of hydrogen-bond donors (Lipinski definition) is 1. The van der Waals surface area contributed by atoms with Crippen molar-refractivity contribution in [2.24, 2.45) is 0 Å². The molecule has 106 valence electrons. The van der Waals surface area contributed by atoms with Crippen molar-refractivity contribution in [2.45, 2.75) is 0 Å². The van der Waals surface area contributed by atoms with Crippen LogP contribution in [0, 0.1) is 11.6 Å². The number of carboxylic acid groups (broad SMARTS) is 1. The smallest absolute Gasteiger partial charge is 0.358 e. The summed E-state index contributed by atoms with van der Waals surface area (Å²) in [5.74, 6) is -3.54. The Morgan fingerprint density at radius 2 is 2.05 bits per heavy atom. The minimum atomic E-state index is -1.29. The summed E-state index contributed by atoms with van der Waals surface area (Å²) in [6, 6.07) is 7.51. The lowest BCUT2D eigenvalue weighted by molar-refractivity contribution is 0.0686. The molecule has 0 unspecified atom stereocenters. The molecule has 5 nitrogen and oxygen atoms in total. The summed E-state index contributed by atoms with van der Waals surface area (Å²) < 4.78 is 33.1. The van der Waals surface area contributed by atoms with E-state index in [1.807, 2.05) is 0 Å². The molecule has 3 aromatic rings. The number of fused-ring (bicyclic) bond motifs is 1. The van der Waals surface area contributed by atoms with Crippen molar-refractivity contribution in [3.05, 3.63) is 59.9 Å². The maximum atomic E-state index is 13.6. The van der Waals surface area contributed by atoms with Gasteiger partial charge in [-0.15, -0.1) is 0 Å². The van der Waals surface area contributed by atoms with Crippen LogP contribution >= 0.6 is 0 Å². The molecule has 0 bridgehead atoms. The minimum absolute atomic E-state index is 0.269. The molecule has 0 aliphatic rings. The van der Waals surface area contributed by atoms with Crippen LogP contribution in [0.5, 0.6) is 11.6 Å². The van der Waals surface area contributed by atoms with Gasteiger partial charge in [-0.1, -0.05) is 6.07 Å². The van der Waals surface area contributed by atoms with E-state index in [1.54, 1.807) is 18.2 Å². The molecule has 0 radical (unpaired) electrons. The Bertz CT molecular complexity index is 845. The third-order valence-corrected chi connectivity index (χ3v) is 2.80. The number of benzene rings is 1. The summed E-state index contributed by atoms with van der Waals surface area (Å²) in [5, 5.41) is 9.25. The summed E-state index contributed by atoms with van der Waals surface area (Å²) in [6.07, 6.45) is 1.49. The molecule has 0 aliphatic carbocycles. The second kappa shape index (κ2) is 4.86. The number of pyridine rings is 1. The Morgan fingerprint density at radius 1 is 1.24 bits per heavy atom. The van der Waals surface area contributed by atoms with Crippen molar-refractivity contribution in [3.63, 3.8) is 0 Å². The normalized spacial score (nSPS) is 10.8. The van der Waals surface area contributed by atoms with Crippen LogP contribution in [-0.4, -0.2) is 20.5 Å². The minimum Gasteiger partial charge on any atom is -0.476 e. The fraction of sp³-hybridized carbons (Fsp3) is 0. The van der Waals surface area contributed by atoms with Crippen LogP contribution in [0.25, 0.3) is 5.65 Å². The Balaban J connectivity index is 2.14. The topological polar surface area (TPSA) is 63.8 Å². The van der Waals surface area contributed by atoms with Gasteiger partial charge in [0.15, 0.2) is 17.3 Å². The van der Waals surface area contributed by atoms with Crippen LogP contribution in [0.1, 0.15) is 10.5 Å². The number of carboxylic acids is 1. The van der Waals surface area contributed by atoms with Crippen molar-refractivity contribution in [1.82, 2.24) is 9.38 Å². The predicted octanol–water partition coefficient (Wildman–Crippen LogP) is 3.10.